The molecule has 0 aliphatic heterocycles. The largest absolute Gasteiger partial charge is 0.127 e. The van der Waals surface area contributed by atoms with E-state index >= 15 is 0 Å². The van der Waals surface area contributed by atoms with Crippen molar-refractivity contribution in [1.82, 2.24) is 0 Å². The van der Waals surface area contributed by atoms with E-state index in [9.17, 15) is 0 Å². The van der Waals surface area contributed by atoms with Gasteiger partial charge in [-0.25, -0.2) is 0 Å². The number of aryl methyl sites for hydroxylation is 6. The molecular weight excluding hydrogens is 2410 g/mol. The van der Waals surface area contributed by atoms with Gasteiger partial charge in [0.1, 0.15) is 0 Å². The first-order chi connectivity index (χ1) is 69.6. The average molecular weight is 2620 g/mol. The van der Waals surface area contributed by atoms with E-state index in [-0.39, 0.29) is 0 Å². The Hall–Kier alpha value is -0.765. The summed E-state index contributed by atoms with van der Waals surface area (Å²) >= 11 is 11.2. The molecule has 0 amide bonds. The Morgan fingerprint density at radius 2 is 0.312 bits per heavy atom. The third-order valence-corrected chi connectivity index (χ3v) is 76.7. The molecule has 9 aromatic rings. The number of halogens is 2. The predicted molar refractivity (Wildman–Crippen MR) is 684 cm³/mol. The normalized spacial score (nSPS) is 12.7. The Balaban J connectivity index is 0.000000222. The summed E-state index contributed by atoms with van der Waals surface area (Å²) in [4.78, 5) is 40.2. The number of fused-ring (bicyclic) bond motifs is 9. The van der Waals surface area contributed by atoms with Gasteiger partial charge in [0.25, 0.3) is 0 Å². The van der Waals surface area contributed by atoms with E-state index in [1.165, 1.54) is 497 Å². The van der Waals surface area contributed by atoms with Crippen LogP contribution in [0.1, 0.15) is 510 Å². The zero-order chi connectivity index (χ0) is 103. The van der Waals surface area contributed by atoms with Crippen molar-refractivity contribution in [3.05, 3.63) is 182 Å². The van der Waals surface area contributed by atoms with Crippen LogP contribution in [-0.2, 0) is 38.5 Å². The van der Waals surface area contributed by atoms with Crippen LogP contribution in [0.3, 0.4) is 0 Å². The topological polar surface area (TPSA) is 0 Å². The smallest absolute Gasteiger partial charge is 0.0711 e. The molecule has 0 unspecified atom stereocenters. The van der Waals surface area contributed by atoms with Gasteiger partial charge >= 0.3 is 452 Å². The van der Waals surface area contributed by atoms with Crippen LogP contribution >= 0.6 is 99.9 Å². The van der Waals surface area contributed by atoms with E-state index in [0.29, 0.717) is 0 Å². The number of unbranched alkanes of at least 4 members (excludes halogenated alkanes) is 54. The van der Waals surface area contributed by atoms with Crippen molar-refractivity contribution in [3.8, 4) is 29.3 Å². The predicted octanol–water partition coefficient (Wildman–Crippen LogP) is 46.6. The zero-order valence-corrected chi connectivity index (χ0v) is 115. The quantitative estimate of drug-likeness (QED) is 0.0263. The van der Waals surface area contributed by atoms with Gasteiger partial charge in [0, 0.05) is 11.1 Å². The molecule has 0 radical (unpaired) electrons. The van der Waals surface area contributed by atoms with Crippen molar-refractivity contribution < 1.29 is 0 Å². The summed E-state index contributed by atoms with van der Waals surface area (Å²) in [6.45, 7) is 13.9. The Kier molecular flexibility index (Phi) is 59.6. The van der Waals surface area contributed by atoms with Crippen LogP contribution < -0.4 is 11.6 Å². The molecule has 3 aromatic carbocycles. The fraction of sp³-hybridized carbons (Fsp3) is 0.636. The molecule has 6 aromatic heterocycles. The SMILES string of the molecule is CCCCCCCCCCCCc1cc(C=C2c3c[c]([Sn]([CH3])([CH3])[CH3])sc3-c3s[c]([Sn]([CH3])([CH3])[CH3])cc32)cc(CCCCCCCCCCCC)c1.CCCCCCCCCCCCc1cc(C=C2c3c[c]([Sn]([CH3])([CH3])[CH3])sc3-c3s[c]([Sn]([CH3])([CH3])[CH3])cc32)cc(CCCCCCCCCCCC)c1.CCCCCCCCCCCCc1cc(C=C2c3cc(Br)sc3-c3sc(Br)cc32)cc(CCCCCCCCCCCC)c1. The van der Waals surface area contributed by atoms with Crippen molar-refractivity contribution in [1.29, 1.82) is 0 Å². The van der Waals surface area contributed by atoms with Crippen LogP contribution in [0.25, 0.3) is 64.2 Å². The number of benzene rings is 3. The molecule has 12 heteroatoms. The van der Waals surface area contributed by atoms with E-state index in [1.807, 2.05) is 22.7 Å². The van der Waals surface area contributed by atoms with E-state index < -0.39 is 73.5 Å². The zero-order valence-electron chi connectivity index (χ0n) is 95.3. The van der Waals surface area contributed by atoms with E-state index in [0.717, 1.165) is 0 Å². The van der Waals surface area contributed by atoms with Gasteiger partial charge in [0.15, 0.2) is 0 Å². The summed E-state index contributed by atoms with van der Waals surface area (Å²) in [6, 6.07) is 38.1. The summed E-state index contributed by atoms with van der Waals surface area (Å²) < 4.78 is 9.36. The number of hydrogen-bond acceptors (Lipinski definition) is 6. The van der Waals surface area contributed by atoms with E-state index in [4.69, 9.17) is 0 Å². The van der Waals surface area contributed by atoms with Crippen molar-refractivity contribution in [2.45, 2.75) is 525 Å². The van der Waals surface area contributed by atoms with E-state index in [1.54, 1.807) is 75.6 Å². The summed E-state index contributed by atoms with van der Waals surface area (Å²) in [6.07, 6.45) is 99.3. The van der Waals surface area contributed by atoms with Gasteiger partial charge < -0.3 is 0 Å². The minimum atomic E-state index is -2.18. The van der Waals surface area contributed by atoms with Crippen molar-refractivity contribution in [3.63, 3.8) is 0 Å². The third kappa shape index (κ3) is 44.0. The molecule has 798 valence electrons. The fourth-order valence-electron chi connectivity index (χ4n) is 21.8. The van der Waals surface area contributed by atoms with Crippen LogP contribution in [-0.4, -0.2) is 73.5 Å². The third-order valence-electron chi connectivity index (χ3n) is 30.7. The van der Waals surface area contributed by atoms with Gasteiger partial charge in [-0.3, -0.25) is 0 Å². The van der Waals surface area contributed by atoms with Gasteiger partial charge in [-0.2, -0.15) is 0 Å². The summed E-state index contributed by atoms with van der Waals surface area (Å²) in [7, 11) is 0. The summed E-state index contributed by atoms with van der Waals surface area (Å²) in [5.41, 5.74) is 27.1. The molecule has 6 heterocycles. The summed E-state index contributed by atoms with van der Waals surface area (Å²) in [5.74, 6) is 0. The molecule has 3 aliphatic carbocycles. The van der Waals surface area contributed by atoms with Crippen LogP contribution in [0.5, 0.6) is 0 Å². The monoisotopic (exact) mass is 2620 g/mol. The molecule has 3 aliphatic rings. The first-order valence-corrected chi connectivity index (χ1v) is 107. The molecular formula is C132H204Br2S6Sn4. The maximum atomic E-state index is 3.77. The van der Waals surface area contributed by atoms with Gasteiger partial charge in [-0.05, 0) is 98.0 Å². The van der Waals surface area contributed by atoms with Gasteiger partial charge in [-0.1, -0.05) is 355 Å². The van der Waals surface area contributed by atoms with Crippen LogP contribution in [0.2, 0.25) is 59.3 Å². The maximum Gasteiger partial charge on any atom is 0.0711 e. The van der Waals surface area contributed by atoms with Crippen LogP contribution in [0.15, 0.2) is 98.6 Å². The standard InChI is InChI=1S/C40H56Br2S2.2C40H56S2.12CH3.4Sn/c1-3-5-7-9-11-13-15-17-19-21-23-31-25-32(24-22-20-18-16-14-12-10-8-6-4-2)27-33(26-31)28-34-35-29-37(41)43-39(35)40-36(34)30-38(42)44-40;2*1-3-5-7-9-11-13-15-17-19-21-23-33-29-34(24-22-20-18-16-14-12-10-8-6-4-2)31-35(30-33)32-38-36-25-27-41-39(36)40-37(38)26-28-42-40;;;;;;;;;;;;;;;;/h25-30H,3-24H2,1-2H3;2*25-26,29-32H,3-24H2,1-2H3;12*1H3;;;;. The molecule has 0 N–H and O–H groups in total. The van der Waals surface area contributed by atoms with Crippen molar-refractivity contribution >= 4 is 220 Å². The first-order valence-electron chi connectivity index (χ1n) is 60.3. The number of rotatable bonds is 73. The second-order valence-electron chi connectivity index (χ2n) is 48.5. The Labute approximate surface area is 944 Å². The minimum absolute atomic E-state index is 1.21. The Bertz CT molecular complexity index is 4700. The van der Waals surface area contributed by atoms with Crippen molar-refractivity contribution in [2.24, 2.45) is 0 Å². The molecule has 0 saturated heterocycles. The molecule has 0 saturated carbocycles. The molecule has 0 fully saturated rings. The van der Waals surface area contributed by atoms with Gasteiger partial charge in [-0.15, -0.1) is 22.7 Å². The first kappa shape index (κ1) is 125. The second kappa shape index (κ2) is 68.7. The fourth-order valence-corrected chi connectivity index (χ4v) is 51.0. The van der Waals surface area contributed by atoms with Gasteiger partial charge in [0.2, 0.25) is 0 Å². The Morgan fingerprint density at radius 1 is 0.174 bits per heavy atom. The van der Waals surface area contributed by atoms with Gasteiger partial charge in [0.05, 0.1) is 17.3 Å². The number of hydrogen-bond donors (Lipinski definition) is 0. The number of thiophene rings is 6. The molecule has 12 rings (SSSR count). The second-order valence-corrected chi connectivity index (χ2v) is 119. The minimum Gasteiger partial charge on any atom is -0.127 e. The molecule has 0 bridgehead atoms. The van der Waals surface area contributed by atoms with Crippen LogP contribution in [0, 0.1) is 0 Å². The average Bonchev–Trinajstić information content (AvgIpc) is 1.57. The van der Waals surface area contributed by atoms with E-state index in [2.05, 4.69) is 287 Å². The molecule has 0 nitrogen and oxygen atoms in total. The van der Waals surface area contributed by atoms with Crippen molar-refractivity contribution in [2.75, 3.05) is 0 Å². The molecule has 0 spiro atoms. The summed E-state index contributed by atoms with van der Waals surface area (Å²) in [5, 5.41) is 0. The molecule has 0 atom stereocenters. The molecule has 144 heavy (non-hydrogen) atoms. The Morgan fingerprint density at radius 3 is 0.465 bits per heavy atom. The van der Waals surface area contributed by atoms with Crippen LogP contribution in [0.4, 0.5) is 0 Å². The maximum absolute atomic E-state index is 3.77.